The highest BCUT2D eigenvalue weighted by Gasteiger charge is 2.43. The number of aliphatic hydroxyl groups is 3. The molecule has 0 bridgehead atoms. The first-order chi connectivity index (χ1) is 9.18. The van der Waals surface area contributed by atoms with Gasteiger partial charge in [-0.15, -0.1) is 0 Å². The summed E-state index contributed by atoms with van der Waals surface area (Å²) < 4.78 is 40.5. The Morgan fingerprint density at radius 1 is 1.20 bits per heavy atom. The third-order valence-electron chi connectivity index (χ3n) is 2.71. The predicted molar refractivity (Wildman–Crippen MR) is 54.7 cm³/mol. The number of carbonyl (C=O) groups excluding carboxylic acids is 2. The maximum Gasteiger partial charge on any atom is 0.472 e. The molecule has 11 heteroatoms. The van der Waals surface area contributed by atoms with Crippen molar-refractivity contribution in [3.05, 3.63) is 0 Å². The zero-order valence-corrected chi connectivity index (χ0v) is 9.92. The van der Waals surface area contributed by atoms with Crippen molar-refractivity contribution in [2.45, 2.75) is 24.5 Å². The maximum atomic E-state index is 11.9. The molecule has 1 heterocycles. The van der Waals surface area contributed by atoms with Crippen molar-refractivity contribution in [2.24, 2.45) is 5.92 Å². The van der Waals surface area contributed by atoms with Crippen molar-refractivity contribution in [1.82, 2.24) is 10.9 Å². The number of alkyl halides is 3. The van der Waals surface area contributed by atoms with Gasteiger partial charge in [0.15, 0.2) is 0 Å². The van der Waals surface area contributed by atoms with Crippen LogP contribution in [0.15, 0.2) is 0 Å². The summed E-state index contributed by atoms with van der Waals surface area (Å²) in [6.07, 6.45) is -9.50. The van der Waals surface area contributed by atoms with E-state index in [2.05, 4.69) is 0 Å². The van der Waals surface area contributed by atoms with E-state index in [0.717, 1.165) is 5.43 Å². The van der Waals surface area contributed by atoms with Crippen LogP contribution in [0.1, 0.15) is 0 Å². The Bertz CT molecular complexity index is 377. The molecule has 116 valence electrons. The van der Waals surface area contributed by atoms with E-state index >= 15 is 0 Å². The highest BCUT2D eigenvalue weighted by Crippen LogP contribution is 2.20. The lowest BCUT2D eigenvalue weighted by molar-refractivity contribution is -0.184. The minimum absolute atomic E-state index is 0.433. The van der Waals surface area contributed by atoms with Gasteiger partial charge >= 0.3 is 12.1 Å². The van der Waals surface area contributed by atoms with Gasteiger partial charge < -0.3 is 20.1 Å². The van der Waals surface area contributed by atoms with Crippen LogP contribution < -0.4 is 10.9 Å². The summed E-state index contributed by atoms with van der Waals surface area (Å²) in [6.45, 7) is -1.03. The highest BCUT2D eigenvalue weighted by molar-refractivity contribution is 5.86. The monoisotopic (exact) mass is 302 g/mol. The smallest absolute Gasteiger partial charge is 0.394 e. The van der Waals surface area contributed by atoms with Crippen LogP contribution in [0.5, 0.6) is 0 Å². The largest absolute Gasteiger partial charge is 0.472 e. The fraction of sp³-hybridized carbons (Fsp3) is 0.778. The number of aliphatic hydroxyl groups excluding tert-OH is 3. The van der Waals surface area contributed by atoms with Crippen molar-refractivity contribution in [2.75, 3.05) is 13.2 Å². The van der Waals surface area contributed by atoms with Gasteiger partial charge in [-0.25, -0.2) is 0 Å². The van der Waals surface area contributed by atoms with Gasteiger partial charge in [-0.2, -0.15) is 13.2 Å². The van der Waals surface area contributed by atoms with Gasteiger partial charge in [0.25, 0.3) is 0 Å². The lowest BCUT2D eigenvalue weighted by Gasteiger charge is -2.35. The van der Waals surface area contributed by atoms with Crippen molar-refractivity contribution in [3.63, 3.8) is 0 Å². The number of rotatable bonds is 2. The highest BCUT2D eigenvalue weighted by atomic mass is 19.4. The van der Waals surface area contributed by atoms with Gasteiger partial charge in [-0.05, 0) is 0 Å². The third-order valence-corrected chi connectivity index (χ3v) is 2.71. The zero-order valence-electron chi connectivity index (χ0n) is 9.92. The first kappa shape index (κ1) is 16.6. The summed E-state index contributed by atoms with van der Waals surface area (Å²) in [5.74, 6) is -4.93. The number of nitrogens with one attached hydrogen (secondary N) is 2. The van der Waals surface area contributed by atoms with Crippen LogP contribution in [0, 0.1) is 5.92 Å². The minimum Gasteiger partial charge on any atom is -0.394 e. The molecule has 0 aromatic rings. The Kier molecular flexibility index (Phi) is 5.28. The van der Waals surface area contributed by atoms with Crippen LogP contribution >= 0.6 is 0 Å². The summed E-state index contributed by atoms with van der Waals surface area (Å²) in [6, 6.07) is 0. The van der Waals surface area contributed by atoms with E-state index in [4.69, 9.17) is 9.84 Å². The normalized spacial score (nSPS) is 30.7. The molecular weight excluding hydrogens is 289 g/mol. The SMILES string of the molecule is O=C(NNC(=O)C(F)(F)F)[C@H]1CO[C@H](CO)[C@H](O)[C@@H]1O. The van der Waals surface area contributed by atoms with E-state index in [0.29, 0.717) is 0 Å². The molecule has 2 amide bonds. The molecule has 0 radical (unpaired) electrons. The second-order valence-corrected chi connectivity index (χ2v) is 4.08. The van der Waals surface area contributed by atoms with Crippen LogP contribution in [-0.2, 0) is 14.3 Å². The molecule has 1 rings (SSSR count). The van der Waals surface area contributed by atoms with E-state index in [-0.39, 0.29) is 0 Å². The molecule has 0 aromatic heterocycles. The molecule has 1 saturated heterocycles. The summed E-state index contributed by atoms with van der Waals surface area (Å²) in [5, 5.41) is 27.9. The van der Waals surface area contributed by atoms with Crippen LogP contribution in [0.4, 0.5) is 13.2 Å². The summed E-state index contributed by atoms with van der Waals surface area (Å²) >= 11 is 0. The average molecular weight is 302 g/mol. The van der Waals surface area contributed by atoms with Gasteiger partial charge in [0.2, 0.25) is 5.91 Å². The van der Waals surface area contributed by atoms with Gasteiger partial charge in [-0.1, -0.05) is 0 Å². The number of amides is 2. The van der Waals surface area contributed by atoms with Crippen LogP contribution in [0.2, 0.25) is 0 Å². The van der Waals surface area contributed by atoms with Crippen molar-refractivity contribution in [3.8, 4) is 0 Å². The number of ether oxygens (including phenoxy) is 1. The molecule has 8 nitrogen and oxygen atoms in total. The van der Waals surface area contributed by atoms with Gasteiger partial charge in [0.1, 0.15) is 12.2 Å². The molecule has 1 aliphatic rings. The number of halogens is 3. The van der Waals surface area contributed by atoms with Crippen LogP contribution in [0.3, 0.4) is 0 Å². The van der Waals surface area contributed by atoms with Gasteiger partial charge in [0.05, 0.1) is 25.2 Å². The molecular formula is C9H13F3N2O6. The van der Waals surface area contributed by atoms with E-state index in [9.17, 15) is 33.0 Å². The molecule has 0 spiro atoms. The number of carbonyl (C=O) groups is 2. The van der Waals surface area contributed by atoms with E-state index in [1.165, 1.54) is 5.43 Å². The van der Waals surface area contributed by atoms with Crippen molar-refractivity contribution < 1.29 is 42.8 Å². The number of hydrogen-bond donors (Lipinski definition) is 5. The van der Waals surface area contributed by atoms with Gasteiger partial charge in [-0.3, -0.25) is 20.4 Å². The first-order valence-corrected chi connectivity index (χ1v) is 5.44. The van der Waals surface area contributed by atoms with Crippen LogP contribution in [-0.4, -0.2) is 64.8 Å². The molecule has 5 N–H and O–H groups in total. The maximum absolute atomic E-state index is 11.9. The predicted octanol–water partition coefficient (Wildman–Crippen LogP) is -2.57. The Hall–Kier alpha value is -1.43. The Morgan fingerprint density at radius 2 is 1.80 bits per heavy atom. The Morgan fingerprint density at radius 3 is 2.30 bits per heavy atom. The number of hydrazine groups is 1. The molecule has 1 aliphatic heterocycles. The third kappa shape index (κ3) is 3.79. The summed E-state index contributed by atoms with van der Waals surface area (Å²) in [5.41, 5.74) is 2.59. The van der Waals surface area contributed by atoms with E-state index < -0.39 is 55.4 Å². The molecule has 0 aliphatic carbocycles. The first-order valence-electron chi connectivity index (χ1n) is 5.44. The lowest BCUT2D eigenvalue weighted by atomic mass is 9.92. The molecule has 0 saturated carbocycles. The molecule has 4 atom stereocenters. The standard InChI is InChI=1S/C9H13F3N2O6/c10-9(11,12)8(19)14-13-7(18)3-2-20-4(1-15)6(17)5(3)16/h3-6,15-17H,1-2H2,(H,13,18)(H,14,19)/t3-,4+,5+,6-/m0/s1. The van der Waals surface area contributed by atoms with Crippen LogP contribution in [0.25, 0.3) is 0 Å². The number of hydrogen-bond acceptors (Lipinski definition) is 6. The Balaban J connectivity index is 2.54. The van der Waals surface area contributed by atoms with Gasteiger partial charge in [0, 0.05) is 0 Å². The minimum atomic E-state index is -5.17. The Labute approximate surface area is 110 Å². The quantitative estimate of drug-likeness (QED) is 0.357. The second kappa shape index (κ2) is 6.35. The lowest BCUT2D eigenvalue weighted by Crippen LogP contribution is -2.58. The van der Waals surface area contributed by atoms with E-state index in [1.54, 1.807) is 0 Å². The molecule has 20 heavy (non-hydrogen) atoms. The summed E-state index contributed by atoms with van der Waals surface area (Å²) in [7, 11) is 0. The fourth-order valence-corrected chi connectivity index (χ4v) is 1.56. The fourth-order valence-electron chi connectivity index (χ4n) is 1.56. The zero-order chi connectivity index (χ0) is 15.5. The molecule has 0 aromatic carbocycles. The van der Waals surface area contributed by atoms with Crippen molar-refractivity contribution in [1.29, 1.82) is 0 Å². The van der Waals surface area contributed by atoms with Crippen molar-refractivity contribution >= 4 is 11.8 Å². The molecule has 0 unspecified atom stereocenters. The topological polar surface area (TPSA) is 128 Å². The summed E-state index contributed by atoms with van der Waals surface area (Å²) in [4.78, 5) is 21.9. The van der Waals surface area contributed by atoms with E-state index in [1.807, 2.05) is 0 Å². The average Bonchev–Trinajstić information content (AvgIpc) is 2.37. The second-order valence-electron chi connectivity index (χ2n) is 4.08. The molecule has 1 fully saturated rings.